The number of piperidine rings is 1. The smallest absolute Gasteiger partial charge is 0.321 e. The molecule has 1 heterocycles. The molecule has 0 saturated carbocycles. The Kier molecular flexibility index (Phi) is 8.01. The topological polar surface area (TPSA) is 54.0 Å². The van der Waals surface area contributed by atoms with Crippen LogP contribution in [0.4, 0.5) is 10.5 Å². The van der Waals surface area contributed by atoms with Crippen molar-refractivity contribution in [3.05, 3.63) is 24.3 Å². The monoisotopic (exact) mass is 349 g/mol. The molecule has 0 spiro atoms. The summed E-state index contributed by atoms with van der Waals surface area (Å²) in [4.78, 5) is 16.6. The van der Waals surface area contributed by atoms with Crippen LogP contribution in [-0.4, -0.2) is 69.9 Å². The number of nitrogens with zero attached hydrogens (tertiary/aromatic N) is 2. The van der Waals surface area contributed by atoms with E-state index in [1.165, 1.54) is 6.42 Å². The maximum atomic E-state index is 12.5. The number of nitrogens with one attached hydrogen (secondary N) is 1. The molecule has 6 nitrogen and oxygen atoms in total. The van der Waals surface area contributed by atoms with E-state index in [4.69, 9.17) is 9.47 Å². The molecule has 1 N–H and O–H groups in total. The van der Waals surface area contributed by atoms with Gasteiger partial charge in [-0.2, -0.15) is 0 Å². The lowest BCUT2D eigenvalue weighted by atomic mass is 9.93. The van der Waals surface area contributed by atoms with Gasteiger partial charge in [-0.1, -0.05) is 6.07 Å². The Morgan fingerprint density at radius 1 is 1.28 bits per heavy atom. The van der Waals surface area contributed by atoms with E-state index in [1.807, 2.05) is 29.2 Å². The highest BCUT2D eigenvalue weighted by Gasteiger charge is 2.22. The molecule has 0 aromatic heterocycles. The first-order valence-corrected chi connectivity index (χ1v) is 9.01. The van der Waals surface area contributed by atoms with E-state index in [0.717, 1.165) is 49.8 Å². The zero-order valence-corrected chi connectivity index (χ0v) is 15.7. The van der Waals surface area contributed by atoms with Crippen molar-refractivity contribution in [1.82, 2.24) is 9.80 Å². The minimum atomic E-state index is -0.0277. The number of likely N-dealkylation sites (tertiary alicyclic amines) is 1. The fraction of sp³-hybridized carbons (Fsp3) is 0.632. The fourth-order valence-electron chi connectivity index (χ4n) is 2.97. The van der Waals surface area contributed by atoms with Crippen LogP contribution in [0.25, 0.3) is 0 Å². The van der Waals surface area contributed by atoms with Crippen LogP contribution >= 0.6 is 0 Å². The number of carbonyl (C=O) groups is 1. The Morgan fingerprint density at radius 3 is 2.72 bits per heavy atom. The third-order valence-corrected chi connectivity index (χ3v) is 4.53. The molecule has 0 radical (unpaired) electrons. The van der Waals surface area contributed by atoms with E-state index < -0.39 is 0 Å². The molecule has 1 aromatic carbocycles. The molecule has 25 heavy (non-hydrogen) atoms. The van der Waals surface area contributed by atoms with Crippen LogP contribution in [0.3, 0.4) is 0 Å². The summed E-state index contributed by atoms with van der Waals surface area (Å²) in [6.07, 6.45) is 3.38. The van der Waals surface area contributed by atoms with E-state index in [1.54, 1.807) is 7.11 Å². The van der Waals surface area contributed by atoms with Crippen molar-refractivity contribution in [3.8, 4) is 5.75 Å². The standard InChI is InChI=1S/C19H31N3O3/c1-21(2)10-7-16-8-11-22(12-9-16)19(23)20-17-5-4-6-18(15-17)25-14-13-24-3/h4-6,15-16H,7-14H2,1-3H3,(H,20,23). The van der Waals surface area contributed by atoms with Crippen LogP contribution in [0.15, 0.2) is 24.3 Å². The molecule has 1 aliphatic rings. The minimum Gasteiger partial charge on any atom is -0.491 e. The van der Waals surface area contributed by atoms with E-state index in [2.05, 4.69) is 24.3 Å². The minimum absolute atomic E-state index is 0.0277. The van der Waals surface area contributed by atoms with Crippen molar-refractivity contribution >= 4 is 11.7 Å². The molecule has 140 valence electrons. The average molecular weight is 349 g/mol. The van der Waals surface area contributed by atoms with Gasteiger partial charge in [0.15, 0.2) is 0 Å². The van der Waals surface area contributed by atoms with Crippen LogP contribution in [0.5, 0.6) is 5.75 Å². The van der Waals surface area contributed by atoms with E-state index in [0.29, 0.717) is 13.2 Å². The second-order valence-corrected chi connectivity index (χ2v) is 6.82. The van der Waals surface area contributed by atoms with Crippen molar-refractivity contribution in [2.45, 2.75) is 19.3 Å². The Labute approximate surface area is 151 Å². The highest BCUT2D eigenvalue weighted by molar-refractivity contribution is 5.89. The van der Waals surface area contributed by atoms with Crippen LogP contribution in [-0.2, 0) is 4.74 Å². The Morgan fingerprint density at radius 2 is 2.04 bits per heavy atom. The number of rotatable bonds is 8. The third kappa shape index (κ3) is 6.92. The normalized spacial score (nSPS) is 15.4. The second kappa shape index (κ2) is 10.3. The number of urea groups is 1. The largest absolute Gasteiger partial charge is 0.491 e. The molecule has 0 unspecified atom stereocenters. The van der Waals surface area contributed by atoms with Gasteiger partial charge in [-0.15, -0.1) is 0 Å². The van der Waals surface area contributed by atoms with Crippen LogP contribution < -0.4 is 10.1 Å². The van der Waals surface area contributed by atoms with Crippen LogP contribution in [0.2, 0.25) is 0 Å². The van der Waals surface area contributed by atoms with E-state index >= 15 is 0 Å². The van der Waals surface area contributed by atoms with Crippen molar-refractivity contribution < 1.29 is 14.3 Å². The van der Waals surface area contributed by atoms with Gasteiger partial charge < -0.3 is 24.6 Å². The predicted octanol–water partition coefficient (Wildman–Crippen LogP) is 2.91. The van der Waals surface area contributed by atoms with Crippen molar-refractivity contribution in [2.24, 2.45) is 5.92 Å². The maximum absolute atomic E-state index is 12.5. The maximum Gasteiger partial charge on any atom is 0.321 e. The summed E-state index contributed by atoms with van der Waals surface area (Å²) in [7, 11) is 5.86. The van der Waals surface area contributed by atoms with Gasteiger partial charge in [0.1, 0.15) is 12.4 Å². The number of anilines is 1. The Hall–Kier alpha value is -1.79. The van der Waals surface area contributed by atoms with Gasteiger partial charge >= 0.3 is 6.03 Å². The number of hydrogen-bond donors (Lipinski definition) is 1. The number of amides is 2. The Balaban J connectivity index is 1.77. The predicted molar refractivity (Wildman–Crippen MR) is 100 cm³/mol. The fourth-order valence-corrected chi connectivity index (χ4v) is 2.97. The molecule has 1 aromatic rings. The number of carbonyl (C=O) groups excluding carboxylic acids is 1. The molecule has 0 aliphatic carbocycles. The molecule has 2 amide bonds. The molecule has 0 atom stereocenters. The molecule has 1 fully saturated rings. The van der Waals surface area contributed by atoms with Gasteiger partial charge in [0, 0.05) is 32.0 Å². The molecule has 6 heteroatoms. The molecule has 1 aliphatic heterocycles. The van der Waals surface area contributed by atoms with E-state index in [9.17, 15) is 4.79 Å². The molecule has 1 saturated heterocycles. The second-order valence-electron chi connectivity index (χ2n) is 6.82. The summed E-state index contributed by atoms with van der Waals surface area (Å²) < 4.78 is 10.6. The first-order valence-electron chi connectivity index (χ1n) is 9.01. The van der Waals surface area contributed by atoms with Gasteiger partial charge in [-0.25, -0.2) is 4.79 Å². The summed E-state index contributed by atoms with van der Waals surface area (Å²) >= 11 is 0. The number of ether oxygens (including phenoxy) is 2. The summed E-state index contributed by atoms with van der Waals surface area (Å²) in [6.45, 7) is 3.81. The first-order chi connectivity index (χ1) is 12.1. The van der Waals surface area contributed by atoms with Crippen molar-refractivity contribution in [3.63, 3.8) is 0 Å². The molecule has 2 rings (SSSR count). The van der Waals surface area contributed by atoms with Gasteiger partial charge in [0.05, 0.1) is 6.61 Å². The van der Waals surface area contributed by atoms with E-state index in [-0.39, 0.29) is 6.03 Å². The van der Waals surface area contributed by atoms with Gasteiger partial charge in [0.25, 0.3) is 0 Å². The third-order valence-electron chi connectivity index (χ3n) is 4.53. The average Bonchev–Trinajstić information content (AvgIpc) is 2.61. The van der Waals surface area contributed by atoms with Crippen LogP contribution in [0, 0.1) is 5.92 Å². The molecular weight excluding hydrogens is 318 g/mol. The lowest BCUT2D eigenvalue weighted by molar-refractivity contribution is 0.146. The lowest BCUT2D eigenvalue weighted by Crippen LogP contribution is -2.41. The van der Waals surface area contributed by atoms with Crippen molar-refractivity contribution in [1.29, 1.82) is 0 Å². The summed E-state index contributed by atoms with van der Waals surface area (Å²) in [6, 6.07) is 7.45. The van der Waals surface area contributed by atoms with Gasteiger partial charge in [-0.3, -0.25) is 0 Å². The zero-order valence-electron chi connectivity index (χ0n) is 15.7. The first kappa shape index (κ1) is 19.5. The van der Waals surface area contributed by atoms with Crippen LogP contribution in [0.1, 0.15) is 19.3 Å². The number of benzene rings is 1. The van der Waals surface area contributed by atoms with Gasteiger partial charge in [-0.05, 0) is 58.0 Å². The number of methoxy groups -OCH3 is 1. The summed E-state index contributed by atoms with van der Waals surface area (Å²) in [5.41, 5.74) is 0.759. The van der Waals surface area contributed by atoms with Crippen molar-refractivity contribution in [2.75, 3.05) is 59.4 Å². The zero-order chi connectivity index (χ0) is 18.1. The number of hydrogen-bond acceptors (Lipinski definition) is 4. The molecular formula is C19H31N3O3. The highest BCUT2D eigenvalue weighted by Crippen LogP contribution is 2.22. The quantitative estimate of drug-likeness (QED) is 0.733. The highest BCUT2D eigenvalue weighted by atomic mass is 16.5. The summed E-state index contributed by atoms with van der Waals surface area (Å²) in [5, 5.41) is 2.98. The summed E-state index contributed by atoms with van der Waals surface area (Å²) in [5.74, 6) is 1.46. The van der Waals surface area contributed by atoms with Gasteiger partial charge in [0.2, 0.25) is 0 Å². The molecule has 0 bridgehead atoms. The SMILES string of the molecule is COCCOc1cccc(NC(=O)N2CCC(CCN(C)C)CC2)c1. The Bertz CT molecular complexity index is 528. The lowest BCUT2D eigenvalue weighted by Gasteiger charge is -2.32.